The lowest BCUT2D eigenvalue weighted by Gasteiger charge is -2.18. The quantitative estimate of drug-likeness (QED) is 0.654. The zero-order chi connectivity index (χ0) is 21.6. The van der Waals surface area contributed by atoms with Gasteiger partial charge in [-0.1, -0.05) is 12.1 Å². The summed E-state index contributed by atoms with van der Waals surface area (Å²) in [5.74, 6) is -1.53. The lowest BCUT2D eigenvalue weighted by atomic mass is 10.1. The van der Waals surface area contributed by atoms with Gasteiger partial charge in [0.05, 0.1) is 23.5 Å². The molecular formula is C21H25FN2O4S. The molecule has 1 aromatic carbocycles. The van der Waals surface area contributed by atoms with E-state index in [0.29, 0.717) is 29.1 Å². The van der Waals surface area contributed by atoms with E-state index >= 15 is 0 Å². The molecule has 2 amide bonds. The highest BCUT2D eigenvalue weighted by atomic mass is 32.1. The number of rotatable bonds is 8. The van der Waals surface area contributed by atoms with Gasteiger partial charge in [0, 0.05) is 13.1 Å². The number of hydrogen-bond acceptors (Lipinski definition) is 5. The first-order chi connectivity index (χ1) is 13.8. The highest BCUT2D eigenvalue weighted by molar-refractivity contribution is 7.18. The van der Waals surface area contributed by atoms with E-state index in [-0.39, 0.29) is 41.2 Å². The van der Waals surface area contributed by atoms with E-state index in [9.17, 15) is 18.8 Å². The maximum atomic E-state index is 13.0. The maximum absolute atomic E-state index is 13.0. The van der Waals surface area contributed by atoms with Crippen LogP contribution in [0.3, 0.4) is 0 Å². The summed E-state index contributed by atoms with van der Waals surface area (Å²) in [5.41, 5.74) is 1.32. The second-order valence-corrected chi connectivity index (χ2v) is 7.33. The van der Waals surface area contributed by atoms with Gasteiger partial charge in [0.2, 0.25) is 5.91 Å². The second kappa shape index (κ2) is 10.2. The first kappa shape index (κ1) is 22.5. The summed E-state index contributed by atoms with van der Waals surface area (Å²) in [5, 5.41) is 3.00. The summed E-state index contributed by atoms with van der Waals surface area (Å²) in [6.07, 6.45) is 0.0127. The molecule has 156 valence electrons. The molecular weight excluding hydrogens is 395 g/mol. The molecule has 8 heteroatoms. The van der Waals surface area contributed by atoms with Gasteiger partial charge < -0.3 is 15.0 Å². The van der Waals surface area contributed by atoms with Crippen molar-refractivity contribution >= 4 is 34.1 Å². The van der Waals surface area contributed by atoms with Crippen LogP contribution in [0.4, 0.5) is 9.39 Å². The van der Waals surface area contributed by atoms with Gasteiger partial charge in [-0.3, -0.25) is 9.59 Å². The topological polar surface area (TPSA) is 75.7 Å². The van der Waals surface area contributed by atoms with E-state index in [4.69, 9.17) is 4.74 Å². The van der Waals surface area contributed by atoms with Crippen LogP contribution in [0, 0.1) is 12.7 Å². The van der Waals surface area contributed by atoms with E-state index in [1.165, 1.54) is 24.3 Å². The van der Waals surface area contributed by atoms with Crippen LogP contribution in [0.15, 0.2) is 24.3 Å². The number of carbonyl (C=O) groups is 3. The summed E-state index contributed by atoms with van der Waals surface area (Å²) in [4.78, 5) is 39.8. The fourth-order valence-corrected chi connectivity index (χ4v) is 4.05. The van der Waals surface area contributed by atoms with Crippen LogP contribution < -0.4 is 5.32 Å². The minimum atomic E-state index is -0.586. The number of nitrogens with one attached hydrogen (secondary N) is 1. The predicted octanol–water partition coefficient (Wildman–Crippen LogP) is 4.04. The first-order valence-corrected chi connectivity index (χ1v) is 10.3. The number of halogens is 1. The smallest absolute Gasteiger partial charge is 0.341 e. The van der Waals surface area contributed by atoms with Crippen molar-refractivity contribution < 1.29 is 23.5 Å². The van der Waals surface area contributed by atoms with Crippen LogP contribution in [0.5, 0.6) is 0 Å². The van der Waals surface area contributed by atoms with Gasteiger partial charge in [-0.2, -0.15) is 0 Å². The normalized spacial score (nSPS) is 10.5. The fraction of sp³-hybridized carbons (Fsp3) is 0.381. The molecule has 2 aromatic rings. The Hall–Kier alpha value is -2.74. The van der Waals surface area contributed by atoms with Crippen molar-refractivity contribution in [3.63, 3.8) is 0 Å². The number of anilines is 1. The summed E-state index contributed by atoms with van der Waals surface area (Å²) in [6, 6.07) is 5.61. The maximum Gasteiger partial charge on any atom is 0.341 e. The number of nitrogens with zero attached hydrogens (tertiary/aromatic N) is 1. The van der Waals surface area contributed by atoms with Crippen molar-refractivity contribution in [1.82, 2.24) is 4.90 Å². The molecule has 1 heterocycles. The molecule has 1 aromatic heterocycles. The molecule has 0 bridgehead atoms. The van der Waals surface area contributed by atoms with E-state index < -0.39 is 5.97 Å². The summed E-state index contributed by atoms with van der Waals surface area (Å²) in [7, 11) is 0. The highest BCUT2D eigenvalue weighted by Gasteiger charge is 2.28. The Morgan fingerprint density at radius 1 is 1.10 bits per heavy atom. The highest BCUT2D eigenvalue weighted by Crippen LogP contribution is 2.34. The molecule has 0 atom stereocenters. The lowest BCUT2D eigenvalue weighted by molar-refractivity contribution is -0.115. The zero-order valence-corrected chi connectivity index (χ0v) is 17.8. The summed E-state index contributed by atoms with van der Waals surface area (Å²) < 4.78 is 18.2. The number of ether oxygens (including phenoxy) is 1. The Bertz CT molecular complexity index is 889. The van der Waals surface area contributed by atoms with Crippen molar-refractivity contribution in [2.24, 2.45) is 0 Å². The minimum Gasteiger partial charge on any atom is -0.462 e. The van der Waals surface area contributed by atoms with E-state index in [0.717, 1.165) is 11.3 Å². The van der Waals surface area contributed by atoms with Gasteiger partial charge in [-0.15, -0.1) is 11.3 Å². The van der Waals surface area contributed by atoms with Gasteiger partial charge in [-0.25, -0.2) is 9.18 Å². The number of carbonyl (C=O) groups excluding carboxylic acids is 3. The van der Waals surface area contributed by atoms with Crippen LogP contribution in [-0.4, -0.2) is 42.4 Å². The molecule has 0 aliphatic rings. The molecule has 0 fully saturated rings. The average molecular weight is 421 g/mol. The van der Waals surface area contributed by atoms with E-state index in [1.807, 2.05) is 13.8 Å². The van der Waals surface area contributed by atoms with Crippen LogP contribution in [0.25, 0.3) is 0 Å². The Morgan fingerprint density at radius 2 is 1.72 bits per heavy atom. The number of amides is 2. The SMILES string of the molecule is CCOC(=O)c1c(NC(=O)Cc2ccc(F)cc2)sc(C(=O)N(CC)CC)c1C. The number of benzene rings is 1. The van der Waals surface area contributed by atoms with Crippen molar-refractivity contribution in [3.05, 3.63) is 51.7 Å². The molecule has 6 nitrogen and oxygen atoms in total. The molecule has 0 saturated carbocycles. The third-order valence-corrected chi connectivity index (χ3v) is 5.60. The molecule has 0 saturated heterocycles. The minimum absolute atomic E-state index is 0.0127. The van der Waals surface area contributed by atoms with Gasteiger partial charge in [0.15, 0.2) is 0 Å². The number of esters is 1. The van der Waals surface area contributed by atoms with Crippen molar-refractivity contribution in [1.29, 1.82) is 0 Å². The van der Waals surface area contributed by atoms with Gasteiger partial charge in [-0.05, 0) is 51.0 Å². The molecule has 1 N–H and O–H groups in total. The summed E-state index contributed by atoms with van der Waals surface area (Å²) in [6.45, 7) is 8.37. The van der Waals surface area contributed by atoms with Crippen LogP contribution >= 0.6 is 11.3 Å². The predicted molar refractivity (Wildman–Crippen MR) is 111 cm³/mol. The molecule has 2 rings (SSSR count). The van der Waals surface area contributed by atoms with Crippen molar-refractivity contribution in [2.45, 2.75) is 34.1 Å². The largest absolute Gasteiger partial charge is 0.462 e. The second-order valence-electron chi connectivity index (χ2n) is 6.31. The van der Waals surface area contributed by atoms with Gasteiger partial charge in [0.25, 0.3) is 5.91 Å². The Morgan fingerprint density at radius 3 is 2.28 bits per heavy atom. The molecule has 0 aliphatic heterocycles. The molecule has 29 heavy (non-hydrogen) atoms. The Labute approximate surface area is 173 Å². The zero-order valence-electron chi connectivity index (χ0n) is 17.0. The van der Waals surface area contributed by atoms with Crippen LogP contribution in [0.2, 0.25) is 0 Å². The van der Waals surface area contributed by atoms with Crippen molar-refractivity contribution in [3.8, 4) is 0 Å². The van der Waals surface area contributed by atoms with Crippen molar-refractivity contribution in [2.75, 3.05) is 25.0 Å². The monoisotopic (exact) mass is 420 g/mol. The average Bonchev–Trinajstić information content (AvgIpc) is 3.00. The van der Waals surface area contributed by atoms with Gasteiger partial charge >= 0.3 is 5.97 Å². The standard InChI is InChI=1S/C21H25FN2O4S/c1-5-24(6-2)20(26)18-13(4)17(21(27)28-7-3)19(29-18)23-16(25)12-14-8-10-15(22)11-9-14/h8-11H,5-7,12H2,1-4H3,(H,23,25). The molecule has 0 aliphatic carbocycles. The molecule has 0 spiro atoms. The van der Waals surface area contributed by atoms with Crippen LogP contribution in [0.1, 0.15) is 51.9 Å². The van der Waals surface area contributed by atoms with Crippen LogP contribution in [-0.2, 0) is 16.0 Å². The molecule has 0 radical (unpaired) electrons. The molecule has 0 unspecified atom stereocenters. The van der Waals surface area contributed by atoms with E-state index in [2.05, 4.69) is 5.32 Å². The number of hydrogen-bond donors (Lipinski definition) is 1. The fourth-order valence-electron chi connectivity index (χ4n) is 2.87. The third kappa shape index (κ3) is 5.41. The third-order valence-electron chi connectivity index (χ3n) is 4.40. The first-order valence-electron chi connectivity index (χ1n) is 9.46. The Kier molecular flexibility index (Phi) is 7.90. The van der Waals surface area contributed by atoms with E-state index in [1.54, 1.807) is 18.7 Å². The number of thiophene rings is 1. The Balaban J connectivity index is 2.34. The van der Waals surface area contributed by atoms with Gasteiger partial charge in [0.1, 0.15) is 10.8 Å². The summed E-state index contributed by atoms with van der Waals surface area (Å²) >= 11 is 1.06. The lowest BCUT2D eigenvalue weighted by Crippen LogP contribution is -2.30.